The lowest BCUT2D eigenvalue weighted by atomic mass is 10.1. The fraction of sp³-hybridized carbons (Fsp3) is 0.364. The van der Waals surface area contributed by atoms with Crippen LogP contribution in [0.3, 0.4) is 0 Å². The highest BCUT2D eigenvalue weighted by Crippen LogP contribution is 2.38. The number of nitrogens with zero attached hydrogens (tertiary/aromatic N) is 3. The van der Waals surface area contributed by atoms with Crippen LogP contribution >= 0.6 is 35.2 Å². The maximum Gasteiger partial charge on any atom is 0.341 e. The number of halogens is 1. The number of benzene rings is 1. The molecule has 0 unspecified atom stereocenters. The van der Waals surface area contributed by atoms with E-state index in [1.54, 1.807) is 22.3 Å². The summed E-state index contributed by atoms with van der Waals surface area (Å²) in [4.78, 5) is 18.2. The molecule has 3 aromatic rings. The molecule has 0 saturated heterocycles. The van der Waals surface area contributed by atoms with Gasteiger partial charge in [-0.15, -0.1) is 16.4 Å². The summed E-state index contributed by atoms with van der Waals surface area (Å²) in [5.74, 6) is 0.0786. The Morgan fingerprint density at radius 2 is 2.00 bits per heavy atom. The maximum absolute atomic E-state index is 12.7. The van der Waals surface area contributed by atoms with Crippen molar-refractivity contribution in [2.45, 2.75) is 45.6 Å². The van der Waals surface area contributed by atoms with Crippen molar-refractivity contribution in [3.63, 3.8) is 0 Å². The molecular formula is C22H24ClN5O2S2. The third-order valence-electron chi connectivity index (χ3n) is 5.15. The van der Waals surface area contributed by atoms with Gasteiger partial charge in [-0.1, -0.05) is 30.2 Å². The zero-order valence-corrected chi connectivity index (χ0v) is 20.1. The highest BCUT2D eigenvalue weighted by molar-refractivity contribution is 7.80. The Hall–Kier alpha value is -2.49. The average molecular weight is 490 g/mol. The fourth-order valence-electron chi connectivity index (χ4n) is 3.69. The Labute approximate surface area is 201 Å². The Kier molecular flexibility index (Phi) is 7.39. The summed E-state index contributed by atoms with van der Waals surface area (Å²) >= 11 is 13.0. The molecule has 1 aliphatic rings. The van der Waals surface area contributed by atoms with Crippen LogP contribution in [0.1, 0.15) is 52.5 Å². The second kappa shape index (κ2) is 10.4. The van der Waals surface area contributed by atoms with E-state index in [4.69, 9.17) is 28.6 Å². The predicted molar refractivity (Wildman–Crippen MR) is 132 cm³/mol. The van der Waals surface area contributed by atoms with Crippen molar-refractivity contribution in [2.24, 2.45) is 0 Å². The van der Waals surface area contributed by atoms with Gasteiger partial charge in [0.2, 0.25) is 5.95 Å². The minimum Gasteiger partial charge on any atom is -0.462 e. The SMILES string of the molecule is CCOC(=O)c1c(NC(=S)Nc2ncn(Cc3ccc(Cl)cc3)n2)sc2c1CCCCC2. The molecular weight excluding hydrogens is 466 g/mol. The molecule has 0 amide bonds. The summed E-state index contributed by atoms with van der Waals surface area (Å²) in [6.45, 7) is 2.71. The van der Waals surface area contributed by atoms with Crippen molar-refractivity contribution in [3.8, 4) is 0 Å². The van der Waals surface area contributed by atoms with Crippen molar-refractivity contribution >= 4 is 57.2 Å². The van der Waals surface area contributed by atoms with Crippen molar-refractivity contribution < 1.29 is 9.53 Å². The van der Waals surface area contributed by atoms with Crippen LogP contribution in [0.4, 0.5) is 10.9 Å². The molecule has 0 saturated carbocycles. The number of esters is 1. The van der Waals surface area contributed by atoms with Crippen molar-refractivity contribution in [3.05, 3.63) is 57.2 Å². The van der Waals surface area contributed by atoms with Gasteiger partial charge in [0.15, 0.2) is 5.11 Å². The van der Waals surface area contributed by atoms with Crippen LogP contribution in [0.15, 0.2) is 30.6 Å². The number of carbonyl (C=O) groups excluding carboxylic acids is 1. The topological polar surface area (TPSA) is 81.1 Å². The number of nitrogens with one attached hydrogen (secondary N) is 2. The molecule has 2 heterocycles. The number of rotatable bonds is 6. The lowest BCUT2D eigenvalue weighted by molar-refractivity contribution is 0.0527. The van der Waals surface area contributed by atoms with E-state index in [1.165, 1.54) is 11.3 Å². The smallest absolute Gasteiger partial charge is 0.341 e. The van der Waals surface area contributed by atoms with E-state index in [9.17, 15) is 4.79 Å². The number of thiocarbonyl (C=S) groups is 1. The van der Waals surface area contributed by atoms with Crippen LogP contribution in [0.5, 0.6) is 0 Å². The Morgan fingerprint density at radius 1 is 1.22 bits per heavy atom. The molecule has 0 aliphatic heterocycles. The molecule has 168 valence electrons. The van der Waals surface area contributed by atoms with Gasteiger partial charge in [0.1, 0.15) is 11.3 Å². The van der Waals surface area contributed by atoms with Gasteiger partial charge >= 0.3 is 5.97 Å². The summed E-state index contributed by atoms with van der Waals surface area (Å²) in [5.41, 5.74) is 2.77. The van der Waals surface area contributed by atoms with Crippen molar-refractivity contribution in [1.29, 1.82) is 0 Å². The lowest BCUT2D eigenvalue weighted by Gasteiger charge is -2.10. The summed E-state index contributed by atoms with van der Waals surface area (Å²) in [5, 5.41) is 12.3. The highest BCUT2D eigenvalue weighted by atomic mass is 35.5. The third-order valence-corrected chi connectivity index (χ3v) is 6.81. The summed E-state index contributed by atoms with van der Waals surface area (Å²) in [6.07, 6.45) is 6.89. The molecule has 32 heavy (non-hydrogen) atoms. The zero-order chi connectivity index (χ0) is 22.5. The largest absolute Gasteiger partial charge is 0.462 e. The van der Waals surface area contributed by atoms with Gasteiger partial charge in [0.05, 0.1) is 18.7 Å². The predicted octanol–water partition coefficient (Wildman–Crippen LogP) is 5.30. The molecule has 1 aromatic carbocycles. The first kappa shape index (κ1) is 22.7. The van der Waals surface area contributed by atoms with E-state index in [-0.39, 0.29) is 5.97 Å². The Morgan fingerprint density at radius 3 is 2.78 bits per heavy atom. The van der Waals surface area contributed by atoms with Crippen LogP contribution in [0.25, 0.3) is 0 Å². The van der Waals surface area contributed by atoms with E-state index in [2.05, 4.69) is 20.7 Å². The minimum absolute atomic E-state index is 0.303. The number of aryl methyl sites for hydroxylation is 1. The van der Waals surface area contributed by atoms with Gasteiger partial charge in [-0.2, -0.15) is 0 Å². The van der Waals surface area contributed by atoms with Gasteiger partial charge in [-0.05, 0) is 68.1 Å². The standard InChI is InChI=1S/C22H24ClN5O2S2/c1-2-30-20(29)18-16-6-4-3-5-7-17(16)32-19(18)25-22(31)26-21-24-13-28(27-21)12-14-8-10-15(23)11-9-14/h8-11,13H,2-7,12H2,1H3,(H2,25,26,27,31). The van der Waals surface area contributed by atoms with Crippen molar-refractivity contribution in [1.82, 2.24) is 14.8 Å². The molecule has 0 fully saturated rings. The van der Waals surface area contributed by atoms with Gasteiger partial charge < -0.3 is 10.1 Å². The van der Waals surface area contributed by atoms with Gasteiger partial charge in [-0.25, -0.2) is 14.5 Å². The Bertz CT molecular complexity index is 1110. The second-order valence-corrected chi connectivity index (χ2v) is 9.41. The van der Waals surface area contributed by atoms with E-state index in [0.717, 1.165) is 36.8 Å². The highest BCUT2D eigenvalue weighted by Gasteiger charge is 2.26. The van der Waals surface area contributed by atoms with Gasteiger partial charge in [0.25, 0.3) is 0 Å². The number of anilines is 2. The molecule has 0 bridgehead atoms. The third kappa shape index (κ3) is 5.46. The molecule has 0 atom stereocenters. The first-order chi connectivity index (χ1) is 15.5. The van der Waals surface area contributed by atoms with Gasteiger partial charge in [-0.3, -0.25) is 5.32 Å². The lowest BCUT2D eigenvalue weighted by Crippen LogP contribution is -2.21. The molecule has 7 nitrogen and oxygen atoms in total. The van der Waals surface area contributed by atoms with E-state index < -0.39 is 0 Å². The number of ether oxygens (including phenoxy) is 1. The van der Waals surface area contributed by atoms with Gasteiger partial charge in [0, 0.05) is 9.90 Å². The molecule has 10 heteroatoms. The van der Waals surface area contributed by atoms with E-state index >= 15 is 0 Å². The molecule has 4 rings (SSSR count). The first-order valence-electron chi connectivity index (χ1n) is 10.6. The summed E-state index contributed by atoms with van der Waals surface area (Å²) in [7, 11) is 0. The molecule has 2 N–H and O–H groups in total. The molecule has 0 spiro atoms. The van der Waals surface area contributed by atoms with Crippen LogP contribution in [-0.2, 0) is 24.1 Å². The van der Waals surface area contributed by atoms with Crippen LogP contribution in [-0.4, -0.2) is 32.5 Å². The normalized spacial score (nSPS) is 13.2. The quantitative estimate of drug-likeness (QED) is 0.276. The number of aromatic nitrogens is 3. The zero-order valence-electron chi connectivity index (χ0n) is 17.7. The number of thiophene rings is 1. The number of carbonyl (C=O) groups is 1. The molecule has 0 radical (unpaired) electrons. The summed E-state index contributed by atoms with van der Waals surface area (Å²) < 4.78 is 7.04. The maximum atomic E-state index is 12.7. The first-order valence-corrected chi connectivity index (χ1v) is 12.2. The van der Waals surface area contributed by atoms with Crippen LogP contribution in [0, 0.1) is 0 Å². The number of fused-ring (bicyclic) bond motifs is 1. The number of hydrogen-bond donors (Lipinski definition) is 2. The minimum atomic E-state index is -0.303. The van der Waals surface area contributed by atoms with Crippen LogP contribution in [0.2, 0.25) is 5.02 Å². The molecule has 2 aromatic heterocycles. The second-order valence-electron chi connectivity index (χ2n) is 7.46. The average Bonchev–Trinajstić information content (AvgIpc) is 3.26. The van der Waals surface area contributed by atoms with Crippen molar-refractivity contribution in [2.75, 3.05) is 17.2 Å². The van der Waals surface area contributed by atoms with E-state index in [0.29, 0.717) is 39.8 Å². The van der Waals surface area contributed by atoms with Crippen LogP contribution < -0.4 is 10.6 Å². The fourth-order valence-corrected chi connectivity index (χ4v) is 5.36. The Balaban J connectivity index is 1.45. The monoisotopic (exact) mass is 489 g/mol. The number of hydrogen-bond acceptors (Lipinski definition) is 6. The molecule has 1 aliphatic carbocycles. The summed E-state index contributed by atoms with van der Waals surface area (Å²) in [6, 6.07) is 7.58. The van der Waals surface area contributed by atoms with E-state index in [1.807, 2.05) is 31.2 Å².